The van der Waals surface area contributed by atoms with Gasteiger partial charge in [-0.3, -0.25) is 0 Å². The summed E-state index contributed by atoms with van der Waals surface area (Å²) < 4.78 is 0. The van der Waals surface area contributed by atoms with Crippen molar-refractivity contribution in [2.75, 3.05) is 54.7 Å². The first-order chi connectivity index (χ1) is 9.17. The standard InChI is InChI=1S/C12H24N6S/c1-5-13-10-15-11(14-8-6-7-9-19-4)17-12(16-10)18(2)3/h5-9H2,1-4H3,(H2,13,14,15,16,17). The Morgan fingerprint density at radius 2 is 1.74 bits per heavy atom. The van der Waals surface area contributed by atoms with Crippen molar-refractivity contribution >= 4 is 29.6 Å². The van der Waals surface area contributed by atoms with E-state index in [2.05, 4.69) is 31.8 Å². The molecular weight excluding hydrogens is 260 g/mol. The predicted molar refractivity (Wildman–Crippen MR) is 84.4 cm³/mol. The van der Waals surface area contributed by atoms with Crippen molar-refractivity contribution in [1.29, 1.82) is 0 Å². The number of hydrogen-bond acceptors (Lipinski definition) is 7. The maximum Gasteiger partial charge on any atom is 0.231 e. The first-order valence-electron chi connectivity index (χ1n) is 6.57. The van der Waals surface area contributed by atoms with Crippen LogP contribution in [0.1, 0.15) is 19.8 Å². The van der Waals surface area contributed by atoms with Crippen LogP contribution in [0.2, 0.25) is 0 Å². The minimum absolute atomic E-state index is 0.618. The molecule has 0 atom stereocenters. The van der Waals surface area contributed by atoms with E-state index in [1.165, 1.54) is 12.2 Å². The van der Waals surface area contributed by atoms with E-state index in [9.17, 15) is 0 Å². The smallest absolute Gasteiger partial charge is 0.231 e. The van der Waals surface area contributed by atoms with E-state index in [0.29, 0.717) is 17.8 Å². The second kappa shape index (κ2) is 8.79. The Balaban J connectivity index is 2.60. The summed E-state index contributed by atoms with van der Waals surface area (Å²) in [7, 11) is 3.85. The monoisotopic (exact) mass is 284 g/mol. The molecule has 0 fully saturated rings. The maximum absolute atomic E-state index is 4.38. The molecule has 0 saturated carbocycles. The second-order valence-corrected chi connectivity index (χ2v) is 5.32. The highest BCUT2D eigenvalue weighted by molar-refractivity contribution is 7.98. The van der Waals surface area contributed by atoms with Crippen LogP contribution in [-0.2, 0) is 0 Å². The molecular formula is C12H24N6S. The molecule has 1 rings (SSSR count). The third kappa shape index (κ3) is 5.96. The predicted octanol–water partition coefficient (Wildman–Crippen LogP) is 1.92. The lowest BCUT2D eigenvalue weighted by molar-refractivity contribution is 0.830. The second-order valence-electron chi connectivity index (χ2n) is 4.33. The SMILES string of the molecule is CCNc1nc(NCCCCSC)nc(N(C)C)n1. The molecule has 0 aromatic carbocycles. The normalized spacial score (nSPS) is 10.3. The Kier molecular flexibility index (Phi) is 7.32. The number of unbranched alkanes of at least 4 members (excludes halogenated alkanes) is 1. The highest BCUT2D eigenvalue weighted by Crippen LogP contribution is 2.11. The molecule has 19 heavy (non-hydrogen) atoms. The summed E-state index contributed by atoms with van der Waals surface area (Å²) in [5, 5.41) is 6.38. The first kappa shape index (κ1) is 15.8. The first-order valence-corrected chi connectivity index (χ1v) is 7.96. The third-order valence-electron chi connectivity index (χ3n) is 2.42. The van der Waals surface area contributed by atoms with Gasteiger partial charge in [0.1, 0.15) is 0 Å². The van der Waals surface area contributed by atoms with Crippen LogP contribution in [0.15, 0.2) is 0 Å². The molecule has 1 heterocycles. The Bertz CT molecular complexity index is 371. The number of rotatable bonds is 9. The van der Waals surface area contributed by atoms with Gasteiger partial charge in [0.15, 0.2) is 0 Å². The van der Waals surface area contributed by atoms with Gasteiger partial charge < -0.3 is 15.5 Å². The van der Waals surface area contributed by atoms with E-state index in [1.54, 1.807) is 0 Å². The van der Waals surface area contributed by atoms with Gasteiger partial charge in [0.05, 0.1) is 0 Å². The van der Waals surface area contributed by atoms with Gasteiger partial charge >= 0.3 is 0 Å². The van der Waals surface area contributed by atoms with E-state index < -0.39 is 0 Å². The minimum atomic E-state index is 0.618. The van der Waals surface area contributed by atoms with Gasteiger partial charge in [-0.1, -0.05) is 0 Å². The van der Waals surface area contributed by atoms with Gasteiger partial charge in [0.25, 0.3) is 0 Å². The van der Waals surface area contributed by atoms with E-state index in [-0.39, 0.29) is 0 Å². The van der Waals surface area contributed by atoms with Gasteiger partial charge in [-0.15, -0.1) is 0 Å². The van der Waals surface area contributed by atoms with Crippen LogP contribution in [0, 0.1) is 0 Å². The van der Waals surface area contributed by atoms with Crippen molar-refractivity contribution in [3.63, 3.8) is 0 Å². The van der Waals surface area contributed by atoms with Crippen molar-refractivity contribution in [1.82, 2.24) is 15.0 Å². The minimum Gasteiger partial charge on any atom is -0.354 e. The van der Waals surface area contributed by atoms with Gasteiger partial charge in [-0.05, 0) is 31.8 Å². The van der Waals surface area contributed by atoms with Crippen molar-refractivity contribution in [3.8, 4) is 0 Å². The molecule has 7 heteroatoms. The molecule has 0 radical (unpaired) electrons. The Morgan fingerprint density at radius 3 is 2.32 bits per heavy atom. The summed E-state index contributed by atoms with van der Waals surface area (Å²) in [6, 6.07) is 0. The molecule has 0 aliphatic heterocycles. The fourth-order valence-electron chi connectivity index (χ4n) is 1.45. The Labute approximate surface area is 119 Å². The van der Waals surface area contributed by atoms with Crippen molar-refractivity contribution in [2.45, 2.75) is 19.8 Å². The van der Waals surface area contributed by atoms with Crippen molar-refractivity contribution < 1.29 is 0 Å². The summed E-state index contributed by atoms with van der Waals surface area (Å²) >= 11 is 1.88. The molecule has 0 bridgehead atoms. The average molecular weight is 284 g/mol. The van der Waals surface area contributed by atoms with Crippen LogP contribution in [0.25, 0.3) is 0 Å². The number of aromatic nitrogens is 3. The zero-order chi connectivity index (χ0) is 14.1. The molecule has 0 aliphatic carbocycles. The summed E-state index contributed by atoms with van der Waals surface area (Å²) in [4.78, 5) is 14.9. The van der Waals surface area contributed by atoms with Crippen molar-refractivity contribution in [2.24, 2.45) is 0 Å². The van der Waals surface area contributed by atoms with Gasteiger partial charge in [0.2, 0.25) is 17.8 Å². The molecule has 0 unspecified atom stereocenters. The number of nitrogens with one attached hydrogen (secondary N) is 2. The molecule has 0 aliphatic rings. The van der Waals surface area contributed by atoms with Crippen LogP contribution < -0.4 is 15.5 Å². The molecule has 108 valence electrons. The summed E-state index contributed by atoms with van der Waals surface area (Å²) in [5.41, 5.74) is 0. The molecule has 6 nitrogen and oxygen atoms in total. The fraction of sp³-hybridized carbons (Fsp3) is 0.750. The Hall–Kier alpha value is -1.24. The number of anilines is 3. The van der Waals surface area contributed by atoms with Crippen LogP contribution in [0.5, 0.6) is 0 Å². The van der Waals surface area contributed by atoms with Crippen LogP contribution in [0.4, 0.5) is 17.8 Å². The summed E-state index contributed by atoms with van der Waals surface area (Å²) in [6.45, 7) is 3.71. The van der Waals surface area contributed by atoms with Gasteiger partial charge in [-0.25, -0.2) is 0 Å². The highest BCUT2D eigenvalue weighted by Gasteiger charge is 2.06. The van der Waals surface area contributed by atoms with E-state index in [0.717, 1.165) is 19.5 Å². The molecule has 0 saturated heterocycles. The lowest BCUT2D eigenvalue weighted by Crippen LogP contribution is -2.17. The lowest BCUT2D eigenvalue weighted by atomic mass is 10.3. The van der Waals surface area contributed by atoms with Crippen LogP contribution >= 0.6 is 11.8 Å². The average Bonchev–Trinajstić information content (AvgIpc) is 2.38. The Morgan fingerprint density at radius 1 is 1.05 bits per heavy atom. The zero-order valence-electron chi connectivity index (χ0n) is 12.2. The maximum atomic E-state index is 4.38. The zero-order valence-corrected chi connectivity index (χ0v) is 13.0. The molecule has 0 spiro atoms. The summed E-state index contributed by atoms with van der Waals surface area (Å²) in [6.07, 6.45) is 4.46. The van der Waals surface area contributed by atoms with Crippen LogP contribution in [0.3, 0.4) is 0 Å². The number of hydrogen-bond donors (Lipinski definition) is 2. The topological polar surface area (TPSA) is 66.0 Å². The van der Waals surface area contributed by atoms with Crippen molar-refractivity contribution in [3.05, 3.63) is 0 Å². The van der Waals surface area contributed by atoms with Gasteiger partial charge in [0, 0.05) is 27.2 Å². The molecule has 1 aromatic heterocycles. The van der Waals surface area contributed by atoms with Gasteiger partial charge in [-0.2, -0.15) is 26.7 Å². The van der Waals surface area contributed by atoms with E-state index in [1.807, 2.05) is 37.7 Å². The quantitative estimate of drug-likeness (QED) is 0.672. The van der Waals surface area contributed by atoms with E-state index >= 15 is 0 Å². The fourth-order valence-corrected chi connectivity index (χ4v) is 1.95. The van der Waals surface area contributed by atoms with Crippen LogP contribution in [-0.4, -0.2) is 54.1 Å². The highest BCUT2D eigenvalue weighted by atomic mass is 32.2. The molecule has 2 N–H and O–H groups in total. The lowest BCUT2D eigenvalue weighted by Gasteiger charge is -2.13. The summed E-state index contributed by atoms with van der Waals surface area (Å²) in [5.74, 6) is 3.12. The molecule has 1 aromatic rings. The largest absolute Gasteiger partial charge is 0.354 e. The van der Waals surface area contributed by atoms with E-state index in [4.69, 9.17) is 0 Å². The third-order valence-corrected chi connectivity index (χ3v) is 3.11. The molecule has 0 amide bonds. The number of thioether (sulfide) groups is 1. The number of nitrogens with zero attached hydrogens (tertiary/aromatic N) is 4.